The van der Waals surface area contributed by atoms with Crippen LogP contribution in [0.2, 0.25) is 0 Å². The normalized spacial score (nSPS) is 17.4. The molecule has 2 heteroatoms. The first kappa shape index (κ1) is 6.33. The van der Waals surface area contributed by atoms with Crippen LogP contribution in [0.15, 0.2) is 16.9 Å². The number of hydrogen-bond acceptors (Lipinski definition) is 1. The van der Waals surface area contributed by atoms with E-state index in [4.69, 9.17) is 0 Å². The molecule has 0 amide bonds. The monoisotopic (exact) mass is 123 g/mol. The van der Waals surface area contributed by atoms with Gasteiger partial charge in [-0.2, -0.15) is 10.5 Å². The zero-order chi connectivity index (χ0) is 6.91. The lowest BCUT2D eigenvalue weighted by Crippen LogP contribution is -2.08. The minimum atomic E-state index is 0.198. The molecule has 1 radical (unpaired) electrons. The van der Waals surface area contributed by atoms with Crippen LogP contribution < -0.4 is 5.43 Å². The molecular weight excluding hydrogens is 112 g/mol. The van der Waals surface area contributed by atoms with Gasteiger partial charge >= 0.3 is 0 Å². The number of allylic oxidation sites excluding steroid dienone is 1. The van der Waals surface area contributed by atoms with Crippen molar-refractivity contribution in [3.8, 4) is 0 Å². The summed E-state index contributed by atoms with van der Waals surface area (Å²) in [6.07, 6.45) is 3.61. The Kier molecular flexibility index (Phi) is 1.31. The van der Waals surface area contributed by atoms with Crippen LogP contribution in [0.25, 0.3) is 0 Å². The van der Waals surface area contributed by atoms with E-state index in [1.54, 1.807) is 12.4 Å². The molecule has 0 bridgehead atoms. The lowest BCUT2D eigenvalue weighted by Gasteiger charge is -2.15. The quantitative estimate of drug-likeness (QED) is 0.467. The summed E-state index contributed by atoms with van der Waals surface area (Å²) in [7, 11) is 0. The Morgan fingerprint density at radius 3 is 2.22 bits per heavy atom. The Morgan fingerprint density at radius 1 is 1.33 bits per heavy atom. The van der Waals surface area contributed by atoms with Gasteiger partial charge in [-0.15, -0.1) is 0 Å². The van der Waals surface area contributed by atoms with Crippen LogP contribution in [0.3, 0.4) is 0 Å². The third-order valence-corrected chi connectivity index (χ3v) is 1.33. The highest BCUT2D eigenvalue weighted by Crippen LogP contribution is 2.24. The van der Waals surface area contributed by atoms with Crippen LogP contribution in [-0.2, 0) is 0 Å². The van der Waals surface area contributed by atoms with E-state index < -0.39 is 0 Å². The molecule has 0 aromatic carbocycles. The molecule has 2 nitrogen and oxygen atoms in total. The molecule has 0 aromatic heterocycles. The van der Waals surface area contributed by atoms with Gasteiger partial charge in [-0.3, -0.25) is 0 Å². The van der Waals surface area contributed by atoms with E-state index in [0.717, 1.165) is 0 Å². The van der Waals surface area contributed by atoms with Crippen molar-refractivity contribution in [1.29, 1.82) is 0 Å². The minimum absolute atomic E-state index is 0.198. The van der Waals surface area contributed by atoms with Crippen molar-refractivity contribution >= 4 is 6.21 Å². The summed E-state index contributed by atoms with van der Waals surface area (Å²) in [5.74, 6) is 0. The summed E-state index contributed by atoms with van der Waals surface area (Å²) >= 11 is 0. The molecule has 9 heavy (non-hydrogen) atoms. The SMILES string of the molecule is CC(C)(C)C1=C[N]N=C1. The molecule has 0 aromatic rings. The van der Waals surface area contributed by atoms with Crippen molar-refractivity contribution in [1.82, 2.24) is 5.43 Å². The summed E-state index contributed by atoms with van der Waals surface area (Å²) in [4.78, 5) is 0. The Morgan fingerprint density at radius 2 is 2.00 bits per heavy atom. The zero-order valence-electron chi connectivity index (χ0n) is 6.05. The van der Waals surface area contributed by atoms with Crippen LogP contribution >= 0.6 is 0 Å². The molecule has 0 atom stereocenters. The molecule has 1 aliphatic rings. The largest absolute Gasteiger partial charge is 0.159 e. The Hall–Kier alpha value is -0.790. The third-order valence-electron chi connectivity index (χ3n) is 1.33. The second-order valence-corrected chi connectivity index (χ2v) is 3.19. The van der Waals surface area contributed by atoms with Gasteiger partial charge in [0.05, 0.1) is 12.4 Å². The molecule has 0 saturated heterocycles. The van der Waals surface area contributed by atoms with Crippen LogP contribution in [0.1, 0.15) is 20.8 Å². The first-order valence-electron chi connectivity index (χ1n) is 3.04. The van der Waals surface area contributed by atoms with Crippen molar-refractivity contribution in [3.63, 3.8) is 0 Å². The van der Waals surface area contributed by atoms with Crippen molar-refractivity contribution in [3.05, 3.63) is 11.8 Å². The highest BCUT2D eigenvalue weighted by Gasteiger charge is 2.17. The standard InChI is InChI=1S/C7H11N2/c1-7(2,3)6-4-8-9-5-6/h4-5H,1-3H3. The molecule has 0 saturated carbocycles. The van der Waals surface area contributed by atoms with E-state index in [1.807, 2.05) is 0 Å². The number of nitrogens with zero attached hydrogens (tertiary/aromatic N) is 2. The second-order valence-electron chi connectivity index (χ2n) is 3.19. The van der Waals surface area contributed by atoms with Gasteiger partial charge in [0.15, 0.2) is 0 Å². The highest BCUT2D eigenvalue weighted by molar-refractivity contribution is 5.81. The highest BCUT2D eigenvalue weighted by atomic mass is 15.3. The predicted octanol–water partition coefficient (Wildman–Crippen LogP) is 1.52. The molecule has 0 spiro atoms. The number of rotatable bonds is 0. The summed E-state index contributed by atoms with van der Waals surface area (Å²) in [6.45, 7) is 6.43. The Bertz CT molecular complexity index is 160. The average molecular weight is 123 g/mol. The zero-order valence-corrected chi connectivity index (χ0v) is 6.05. The van der Waals surface area contributed by atoms with Crippen LogP contribution in [0.5, 0.6) is 0 Å². The average Bonchev–Trinajstić information content (AvgIpc) is 2.08. The molecule has 0 fully saturated rings. The summed E-state index contributed by atoms with van der Waals surface area (Å²) in [5, 5.41) is 3.74. The molecule has 0 N–H and O–H groups in total. The molecule has 0 unspecified atom stereocenters. The van der Waals surface area contributed by atoms with Gasteiger partial charge < -0.3 is 0 Å². The summed E-state index contributed by atoms with van der Waals surface area (Å²) in [5.41, 5.74) is 5.13. The second kappa shape index (κ2) is 1.87. The maximum Gasteiger partial charge on any atom is 0.0549 e. The summed E-state index contributed by atoms with van der Waals surface area (Å²) < 4.78 is 0. The molecule has 0 aliphatic carbocycles. The van der Waals surface area contributed by atoms with Gasteiger partial charge in [0.1, 0.15) is 0 Å². The topological polar surface area (TPSA) is 26.5 Å². The minimum Gasteiger partial charge on any atom is -0.159 e. The lowest BCUT2D eigenvalue weighted by atomic mass is 9.88. The first-order chi connectivity index (χ1) is 4.11. The molecular formula is C7H11N2. The fourth-order valence-electron chi connectivity index (χ4n) is 0.612. The predicted molar refractivity (Wildman–Crippen MR) is 38.2 cm³/mol. The Labute approximate surface area is 55.6 Å². The maximum absolute atomic E-state index is 3.74. The van der Waals surface area contributed by atoms with Gasteiger partial charge in [-0.05, 0) is 11.0 Å². The van der Waals surface area contributed by atoms with Crippen molar-refractivity contribution in [2.24, 2.45) is 10.5 Å². The molecule has 1 heterocycles. The van der Waals surface area contributed by atoms with E-state index in [2.05, 4.69) is 31.3 Å². The first-order valence-corrected chi connectivity index (χ1v) is 3.04. The van der Waals surface area contributed by atoms with Gasteiger partial charge in [-0.1, -0.05) is 20.8 Å². The smallest absolute Gasteiger partial charge is 0.0549 e. The Balaban J connectivity index is 2.73. The van der Waals surface area contributed by atoms with E-state index in [9.17, 15) is 0 Å². The maximum atomic E-state index is 3.74. The van der Waals surface area contributed by atoms with Crippen molar-refractivity contribution in [2.45, 2.75) is 20.8 Å². The lowest BCUT2D eigenvalue weighted by molar-refractivity contribution is 0.526. The van der Waals surface area contributed by atoms with E-state index in [1.165, 1.54) is 5.57 Å². The van der Waals surface area contributed by atoms with Crippen molar-refractivity contribution < 1.29 is 0 Å². The van der Waals surface area contributed by atoms with Gasteiger partial charge in [0.25, 0.3) is 0 Å². The number of hydrogen-bond donors (Lipinski definition) is 0. The van der Waals surface area contributed by atoms with Gasteiger partial charge in [-0.25, -0.2) is 0 Å². The molecule has 49 valence electrons. The molecule has 1 aliphatic heterocycles. The summed E-state index contributed by atoms with van der Waals surface area (Å²) in [6, 6.07) is 0. The fourth-order valence-corrected chi connectivity index (χ4v) is 0.612. The van der Waals surface area contributed by atoms with Crippen molar-refractivity contribution in [2.75, 3.05) is 0 Å². The van der Waals surface area contributed by atoms with E-state index >= 15 is 0 Å². The van der Waals surface area contributed by atoms with E-state index in [-0.39, 0.29) is 5.41 Å². The molecule has 1 rings (SSSR count). The van der Waals surface area contributed by atoms with Gasteiger partial charge in [0, 0.05) is 0 Å². The van der Waals surface area contributed by atoms with Gasteiger partial charge in [0.2, 0.25) is 0 Å². The van der Waals surface area contributed by atoms with Crippen LogP contribution in [0.4, 0.5) is 0 Å². The fraction of sp³-hybridized carbons (Fsp3) is 0.571. The third kappa shape index (κ3) is 1.31. The van der Waals surface area contributed by atoms with Crippen LogP contribution in [-0.4, -0.2) is 6.21 Å². The van der Waals surface area contributed by atoms with Crippen LogP contribution in [0, 0.1) is 5.41 Å². The van der Waals surface area contributed by atoms with E-state index in [0.29, 0.717) is 0 Å².